The van der Waals surface area contributed by atoms with Gasteiger partial charge in [-0.3, -0.25) is 5.14 Å². The van der Waals surface area contributed by atoms with Gasteiger partial charge in [-0.25, -0.2) is 0 Å². The molecule has 0 heterocycles. The van der Waals surface area contributed by atoms with Gasteiger partial charge in [0.1, 0.15) is 0 Å². The fraction of sp³-hybridized carbons (Fsp3) is 0. The second-order valence-corrected chi connectivity index (χ2v) is 5.87. The average molecular weight is 209 g/mol. The molecule has 0 aromatic carbocycles. The molecule has 0 rings (SSSR count). The molecular formula is H2NO2PS2Zn. The van der Waals surface area contributed by atoms with E-state index < -0.39 is 5.69 Å². The number of hydrogen-bond acceptors (Lipinski definition) is 5. The van der Waals surface area contributed by atoms with Crippen LogP contribution in [0.4, 0.5) is 0 Å². The van der Waals surface area contributed by atoms with E-state index in [1.165, 1.54) is 0 Å². The van der Waals surface area contributed by atoms with E-state index in [4.69, 9.17) is 0 Å². The first-order valence-electron chi connectivity index (χ1n) is 0.966. The molecule has 0 atom stereocenters. The molecule has 0 aliphatic rings. The number of nitrogens with two attached hydrogens (primary N) is 1. The van der Waals surface area contributed by atoms with Gasteiger partial charge in [0.25, 0.3) is 0 Å². The summed E-state index contributed by atoms with van der Waals surface area (Å²) in [6, 6.07) is 0. The molecule has 0 bridgehead atoms. The maximum Gasteiger partial charge on any atom is 2.00 e. The van der Waals surface area contributed by atoms with Crippen LogP contribution in [0.2, 0.25) is 0 Å². The van der Waals surface area contributed by atoms with Crippen LogP contribution in [-0.4, -0.2) is 0 Å². The Labute approximate surface area is 63.5 Å². The summed E-state index contributed by atoms with van der Waals surface area (Å²) in [6.45, 7) is 0. The molecule has 0 radical (unpaired) electrons. The van der Waals surface area contributed by atoms with E-state index in [-0.39, 0.29) is 31.0 Å². The van der Waals surface area contributed by atoms with Gasteiger partial charge < -0.3 is 9.79 Å². The van der Waals surface area contributed by atoms with Crippen molar-refractivity contribution in [3.05, 3.63) is 0 Å². The molecule has 0 fully saturated rings. The maximum atomic E-state index is 9.68. The van der Waals surface area contributed by atoms with Gasteiger partial charge in [0.15, 0.2) is 0 Å². The van der Waals surface area contributed by atoms with Crippen molar-refractivity contribution in [2.75, 3.05) is 0 Å². The summed E-state index contributed by atoms with van der Waals surface area (Å²) >= 11 is 4.02. The molecule has 0 aliphatic carbocycles. The van der Waals surface area contributed by atoms with E-state index in [9.17, 15) is 9.79 Å². The van der Waals surface area contributed by atoms with Crippen molar-refractivity contribution in [1.82, 2.24) is 0 Å². The second kappa shape index (κ2) is 4.39. The molecule has 2 N–H and O–H groups in total. The first kappa shape index (κ1) is 11.3. The third-order valence-corrected chi connectivity index (χ3v) is 1.94. The summed E-state index contributed by atoms with van der Waals surface area (Å²) in [5.74, 6) is 0. The van der Waals surface area contributed by atoms with Gasteiger partial charge in [0.05, 0.1) is 0 Å². The molecular weight excluding hydrogens is 207 g/mol. The predicted molar refractivity (Wildman–Crippen MR) is 26.1 cm³/mol. The predicted octanol–water partition coefficient (Wildman–Crippen LogP) is -1.46. The molecule has 0 saturated heterocycles. The number of rotatable bonds is 1. The van der Waals surface area contributed by atoms with Crippen molar-refractivity contribution >= 4 is 29.1 Å². The van der Waals surface area contributed by atoms with Crippen molar-refractivity contribution in [2.24, 2.45) is 5.14 Å². The zero-order valence-electron chi connectivity index (χ0n) is 3.36. The van der Waals surface area contributed by atoms with Crippen LogP contribution in [0.5, 0.6) is 0 Å². The first-order valence-corrected chi connectivity index (χ1v) is 5.09. The second-order valence-electron chi connectivity index (χ2n) is 0.553. The van der Waals surface area contributed by atoms with E-state index in [1.54, 1.807) is 0 Å². The monoisotopic (exact) mass is 207 g/mol. The molecule has 7 heavy (non-hydrogen) atoms. The van der Waals surface area contributed by atoms with E-state index >= 15 is 0 Å². The molecule has 0 aromatic heterocycles. The molecule has 3 nitrogen and oxygen atoms in total. The first-order chi connectivity index (χ1) is 2.56. The third kappa shape index (κ3) is 11.2. The van der Waals surface area contributed by atoms with Gasteiger partial charge in [-0.15, -0.1) is 17.5 Å². The fourth-order valence-corrected chi connectivity index (χ4v) is 0. The average Bonchev–Trinajstić information content (AvgIpc) is 1.35. The van der Waals surface area contributed by atoms with Gasteiger partial charge in [-0.2, -0.15) is 0 Å². The Bertz CT molecular complexity index is 79.8. The minimum atomic E-state index is -3.62. The van der Waals surface area contributed by atoms with Crippen LogP contribution in [0.3, 0.4) is 0 Å². The molecule has 0 spiro atoms. The molecule has 0 aromatic rings. The molecule has 0 aliphatic heterocycles. The summed E-state index contributed by atoms with van der Waals surface area (Å²) in [4.78, 5) is 19.4. The minimum Gasteiger partial charge on any atom is -0.824 e. The minimum absolute atomic E-state index is 0. The van der Waals surface area contributed by atoms with Gasteiger partial charge in [0.2, 0.25) is 0 Å². The normalized spacial score (nSPS) is 10.1. The Balaban J connectivity index is 0. The molecule has 38 valence electrons. The molecule has 7 heteroatoms. The summed E-state index contributed by atoms with van der Waals surface area (Å²) < 4.78 is 0. The van der Waals surface area contributed by atoms with Crippen molar-refractivity contribution in [1.29, 1.82) is 0 Å². The van der Waals surface area contributed by atoms with E-state index in [0.29, 0.717) is 0 Å². The summed E-state index contributed by atoms with van der Waals surface area (Å²) in [7, 11) is 0. The van der Waals surface area contributed by atoms with E-state index in [2.05, 4.69) is 16.9 Å². The zero-order valence-corrected chi connectivity index (χ0v) is 8.86. The standard InChI is InChI=1S/H4NO2PS2.Zn/c1-6-4(2,3)5;/h1H2,(H2,2,3,5);/q;+2/p-2. The molecule has 0 unspecified atom stereocenters. The van der Waals surface area contributed by atoms with Gasteiger partial charge in [-0.05, 0) is 0 Å². The van der Waals surface area contributed by atoms with Crippen molar-refractivity contribution in [2.45, 2.75) is 0 Å². The van der Waals surface area contributed by atoms with Gasteiger partial charge >= 0.3 is 19.5 Å². The fourth-order valence-electron chi connectivity index (χ4n) is 0. The zero-order chi connectivity index (χ0) is 5.21. The molecule has 0 saturated carbocycles. The van der Waals surface area contributed by atoms with Crippen LogP contribution in [-0.2, 0) is 31.3 Å². The Morgan fingerprint density at radius 2 is 1.71 bits per heavy atom. The largest absolute Gasteiger partial charge is 2.00 e. The van der Waals surface area contributed by atoms with Crippen LogP contribution in [0.1, 0.15) is 0 Å². The van der Waals surface area contributed by atoms with E-state index in [1.807, 2.05) is 0 Å². The Hall–Kier alpha value is 1.50. The van der Waals surface area contributed by atoms with Crippen molar-refractivity contribution in [3.63, 3.8) is 0 Å². The van der Waals surface area contributed by atoms with Crippen molar-refractivity contribution in [3.8, 4) is 0 Å². The maximum absolute atomic E-state index is 9.68. The summed E-state index contributed by atoms with van der Waals surface area (Å²) in [6.07, 6.45) is 0. The summed E-state index contributed by atoms with van der Waals surface area (Å²) in [5.41, 5.74) is -3.62. The Morgan fingerprint density at radius 1 is 1.57 bits per heavy atom. The third-order valence-electron chi connectivity index (χ3n) is 0.129. The van der Waals surface area contributed by atoms with Crippen LogP contribution in [0.15, 0.2) is 0 Å². The number of hydrogen-bond donors (Lipinski definition) is 1. The van der Waals surface area contributed by atoms with Crippen molar-refractivity contribution < 1.29 is 29.3 Å². The van der Waals surface area contributed by atoms with Crippen LogP contribution < -0.4 is 14.9 Å². The Kier molecular flexibility index (Phi) is 7.10. The molecule has 0 amide bonds. The Morgan fingerprint density at radius 3 is 1.71 bits per heavy atom. The van der Waals surface area contributed by atoms with Gasteiger partial charge in [-0.1, -0.05) is 11.6 Å². The van der Waals surface area contributed by atoms with E-state index in [0.717, 1.165) is 0 Å². The van der Waals surface area contributed by atoms with Crippen LogP contribution >= 0.6 is 17.3 Å². The SMILES string of the molecule is NSP([O-])([O-])=S.[Zn+2]. The van der Waals surface area contributed by atoms with Crippen LogP contribution in [0, 0.1) is 0 Å². The topological polar surface area (TPSA) is 72.1 Å². The quantitative estimate of drug-likeness (QED) is 0.324. The smallest absolute Gasteiger partial charge is 0.824 e. The van der Waals surface area contributed by atoms with Crippen LogP contribution in [0.25, 0.3) is 0 Å². The van der Waals surface area contributed by atoms with Gasteiger partial charge in [0, 0.05) is 0 Å². The summed E-state index contributed by atoms with van der Waals surface area (Å²) in [5, 5.41) is 4.54.